The van der Waals surface area contributed by atoms with Crippen molar-refractivity contribution in [2.45, 2.75) is 64.2 Å². The van der Waals surface area contributed by atoms with Gasteiger partial charge >= 0.3 is 5.97 Å². The SMILES string of the molecule is CC(Oc1ccc(C(C)C)cc1)C(=O)N1CCNC(=O)C1CC(=O)OCC1CCCO1. The van der Waals surface area contributed by atoms with Gasteiger partial charge in [-0.05, 0) is 43.4 Å². The van der Waals surface area contributed by atoms with E-state index >= 15 is 0 Å². The number of rotatable bonds is 8. The van der Waals surface area contributed by atoms with Crippen LogP contribution in [0.25, 0.3) is 0 Å². The van der Waals surface area contributed by atoms with Crippen LogP contribution in [-0.2, 0) is 23.9 Å². The van der Waals surface area contributed by atoms with Crippen LogP contribution < -0.4 is 10.1 Å². The van der Waals surface area contributed by atoms with Crippen molar-refractivity contribution in [1.82, 2.24) is 10.2 Å². The third-order valence-corrected chi connectivity index (χ3v) is 5.64. The van der Waals surface area contributed by atoms with Crippen LogP contribution >= 0.6 is 0 Å². The fraction of sp³-hybridized carbons (Fsp3) is 0.609. The van der Waals surface area contributed by atoms with Crippen molar-refractivity contribution >= 4 is 17.8 Å². The van der Waals surface area contributed by atoms with E-state index in [2.05, 4.69) is 19.2 Å². The highest BCUT2D eigenvalue weighted by Gasteiger charge is 2.37. The first-order valence-corrected chi connectivity index (χ1v) is 11.0. The van der Waals surface area contributed by atoms with Gasteiger partial charge in [-0.25, -0.2) is 0 Å². The molecule has 0 aromatic heterocycles. The van der Waals surface area contributed by atoms with Crippen molar-refractivity contribution < 1.29 is 28.6 Å². The number of nitrogens with zero attached hydrogens (tertiary/aromatic N) is 1. The molecule has 0 radical (unpaired) electrons. The van der Waals surface area contributed by atoms with E-state index < -0.39 is 18.1 Å². The van der Waals surface area contributed by atoms with Crippen molar-refractivity contribution in [3.63, 3.8) is 0 Å². The van der Waals surface area contributed by atoms with Crippen molar-refractivity contribution in [3.05, 3.63) is 29.8 Å². The molecule has 1 aromatic carbocycles. The first-order chi connectivity index (χ1) is 14.8. The molecule has 1 N–H and O–H groups in total. The topological polar surface area (TPSA) is 94.2 Å². The third-order valence-electron chi connectivity index (χ3n) is 5.64. The summed E-state index contributed by atoms with van der Waals surface area (Å²) >= 11 is 0. The maximum absolute atomic E-state index is 13.0. The minimum absolute atomic E-state index is 0.0858. The third kappa shape index (κ3) is 6.19. The average molecular weight is 433 g/mol. The summed E-state index contributed by atoms with van der Waals surface area (Å²) < 4.78 is 16.5. The van der Waals surface area contributed by atoms with E-state index in [1.807, 2.05) is 24.3 Å². The molecule has 8 heteroatoms. The van der Waals surface area contributed by atoms with E-state index in [0.29, 0.717) is 31.4 Å². The van der Waals surface area contributed by atoms with E-state index in [0.717, 1.165) is 12.8 Å². The number of benzene rings is 1. The Labute approximate surface area is 183 Å². The number of carbonyl (C=O) groups is 3. The molecule has 0 aliphatic carbocycles. The van der Waals surface area contributed by atoms with Crippen molar-refractivity contribution in [2.24, 2.45) is 0 Å². The Balaban J connectivity index is 1.58. The summed E-state index contributed by atoms with van der Waals surface area (Å²) in [5.41, 5.74) is 1.18. The zero-order valence-corrected chi connectivity index (χ0v) is 18.5. The average Bonchev–Trinajstić information content (AvgIpc) is 3.27. The molecule has 3 rings (SSSR count). The first-order valence-electron chi connectivity index (χ1n) is 11.0. The number of hydrogen-bond donors (Lipinski definition) is 1. The summed E-state index contributed by atoms with van der Waals surface area (Å²) in [6, 6.07) is 6.70. The van der Waals surface area contributed by atoms with Crippen LogP contribution in [0.5, 0.6) is 5.75 Å². The Bertz CT molecular complexity index is 773. The van der Waals surface area contributed by atoms with Crippen LogP contribution in [-0.4, -0.2) is 67.2 Å². The Kier molecular flexibility index (Phi) is 7.90. The lowest BCUT2D eigenvalue weighted by atomic mass is 10.0. The number of piperazine rings is 1. The van der Waals surface area contributed by atoms with Crippen molar-refractivity contribution in [2.75, 3.05) is 26.3 Å². The molecule has 2 fully saturated rings. The van der Waals surface area contributed by atoms with Crippen LogP contribution in [0.1, 0.15) is 51.5 Å². The first kappa shape index (κ1) is 23.1. The number of amides is 2. The summed E-state index contributed by atoms with van der Waals surface area (Å²) in [4.78, 5) is 39.2. The number of esters is 1. The fourth-order valence-electron chi connectivity index (χ4n) is 3.78. The summed E-state index contributed by atoms with van der Waals surface area (Å²) in [5.74, 6) is -0.227. The van der Waals surface area contributed by atoms with E-state index in [9.17, 15) is 14.4 Å². The molecular weight excluding hydrogens is 400 g/mol. The molecule has 2 amide bonds. The van der Waals surface area contributed by atoms with Crippen molar-refractivity contribution in [3.8, 4) is 5.75 Å². The van der Waals surface area contributed by atoms with Gasteiger partial charge in [0, 0.05) is 19.7 Å². The fourth-order valence-corrected chi connectivity index (χ4v) is 3.78. The molecule has 3 unspecified atom stereocenters. The van der Waals surface area contributed by atoms with Crippen LogP contribution in [0.3, 0.4) is 0 Å². The van der Waals surface area contributed by atoms with Crippen LogP contribution in [0.4, 0.5) is 0 Å². The van der Waals surface area contributed by atoms with Gasteiger partial charge in [0.15, 0.2) is 6.10 Å². The normalized spacial score (nSPS) is 22.2. The van der Waals surface area contributed by atoms with E-state index in [1.54, 1.807) is 6.92 Å². The second-order valence-electron chi connectivity index (χ2n) is 8.34. The number of nitrogens with one attached hydrogen (secondary N) is 1. The van der Waals surface area contributed by atoms with Crippen LogP contribution in [0, 0.1) is 0 Å². The number of carbonyl (C=O) groups excluding carboxylic acids is 3. The lowest BCUT2D eigenvalue weighted by Crippen LogP contribution is -2.60. The Hall–Kier alpha value is -2.61. The molecule has 0 spiro atoms. The van der Waals surface area contributed by atoms with Crippen LogP contribution in [0.2, 0.25) is 0 Å². The molecule has 3 atom stereocenters. The summed E-state index contributed by atoms with van der Waals surface area (Å²) in [6.07, 6.45) is 0.737. The summed E-state index contributed by atoms with van der Waals surface area (Å²) in [7, 11) is 0. The lowest BCUT2D eigenvalue weighted by Gasteiger charge is -2.36. The molecule has 1 aromatic rings. The Morgan fingerprint density at radius 3 is 2.61 bits per heavy atom. The smallest absolute Gasteiger partial charge is 0.308 e. The second-order valence-corrected chi connectivity index (χ2v) is 8.34. The van der Waals surface area contributed by atoms with E-state index in [4.69, 9.17) is 14.2 Å². The Morgan fingerprint density at radius 1 is 1.23 bits per heavy atom. The maximum Gasteiger partial charge on any atom is 0.308 e. The van der Waals surface area contributed by atoms with Gasteiger partial charge < -0.3 is 24.4 Å². The standard InChI is InChI=1S/C23H32N2O6/c1-15(2)17-6-8-18(9-7-17)31-16(3)23(28)25-11-10-24-22(27)20(25)13-21(26)30-14-19-5-4-12-29-19/h6-9,15-16,19-20H,4-5,10-14H2,1-3H3,(H,24,27). The Morgan fingerprint density at radius 2 is 1.97 bits per heavy atom. The lowest BCUT2D eigenvalue weighted by molar-refractivity contribution is -0.155. The molecule has 31 heavy (non-hydrogen) atoms. The summed E-state index contributed by atoms with van der Waals surface area (Å²) in [5, 5.41) is 2.72. The van der Waals surface area contributed by atoms with Gasteiger partial charge in [-0.15, -0.1) is 0 Å². The number of ether oxygens (including phenoxy) is 3. The highest BCUT2D eigenvalue weighted by Crippen LogP contribution is 2.21. The highest BCUT2D eigenvalue weighted by molar-refractivity contribution is 5.93. The zero-order chi connectivity index (χ0) is 22.4. The minimum atomic E-state index is -0.910. The molecule has 2 aliphatic rings. The predicted octanol–water partition coefficient (Wildman–Crippen LogP) is 2.02. The predicted molar refractivity (Wildman–Crippen MR) is 114 cm³/mol. The minimum Gasteiger partial charge on any atom is -0.481 e. The van der Waals surface area contributed by atoms with Crippen molar-refractivity contribution in [1.29, 1.82) is 0 Å². The van der Waals surface area contributed by atoms with Gasteiger partial charge in [0.2, 0.25) is 5.91 Å². The zero-order valence-electron chi connectivity index (χ0n) is 18.5. The second kappa shape index (κ2) is 10.6. The maximum atomic E-state index is 13.0. The molecule has 0 bridgehead atoms. The van der Waals surface area contributed by atoms with Gasteiger partial charge in [0.25, 0.3) is 5.91 Å². The largest absolute Gasteiger partial charge is 0.481 e. The van der Waals surface area contributed by atoms with E-state index in [1.165, 1.54) is 10.5 Å². The molecule has 8 nitrogen and oxygen atoms in total. The molecular formula is C23H32N2O6. The van der Waals surface area contributed by atoms with Gasteiger partial charge in [-0.2, -0.15) is 0 Å². The van der Waals surface area contributed by atoms with Gasteiger partial charge in [0.1, 0.15) is 18.4 Å². The quantitative estimate of drug-likeness (QED) is 0.632. The van der Waals surface area contributed by atoms with Gasteiger partial charge in [-0.3, -0.25) is 14.4 Å². The molecule has 2 heterocycles. The molecule has 2 aliphatic heterocycles. The molecule has 170 valence electrons. The van der Waals surface area contributed by atoms with Crippen LogP contribution in [0.15, 0.2) is 24.3 Å². The summed E-state index contributed by atoms with van der Waals surface area (Å²) in [6.45, 7) is 7.36. The molecule has 2 saturated heterocycles. The van der Waals surface area contributed by atoms with E-state index in [-0.39, 0.29) is 30.9 Å². The number of hydrogen-bond acceptors (Lipinski definition) is 6. The van der Waals surface area contributed by atoms with Gasteiger partial charge in [0.05, 0.1) is 12.5 Å². The van der Waals surface area contributed by atoms with Gasteiger partial charge in [-0.1, -0.05) is 26.0 Å². The monoisotopic (exact) mass is 432 g/mol. The highest BCUT2D eigenvalue weighted by atomic mass is 16.6. The molecule has 0 saturated carbocycles.